The van der Waals surface area contributed by atoms with Crippen molar-refractivity contribution in [2.75, 3.05) is 32.6 Å². The van der Waals surface area contributed by atoms with Crippen LogP contribution in [0.3, 0.4) is 0 Å². The van der Waals surface area contributed by atoms with Gasteiger partial charge >= 0.3 is 5.69 Å². The van der Waals surface area contributed by atoms with Gasteiger partial charge in [-0.05, 0) is 23.6 Å². The van der Waals surface area contributed by atoms with Gasteiger partial charge in [-0.15, -0.1) is 0 Å². The van der Waals surface area contributed by atoms with Crippen LogP contribution in [0.5, 0.6) is 5.88 Å². The van der Waals surface area contributed by atoms with E-state index in [1.807, 2.05) is 24.3 Å². The zero-order valence-electron chi connectivity index (χ0n) is 26.7. The molecule has 2 aromatic carbocycles. The van der Waals surface area contributed by atoms with Crippen LogP contribution < -0.4 is 31.9 Å². The van der Waals surface area contributed by atoms with Crippen molar-refractivity contribution < 1.29 is 19.1 Å². The Morgan fingerprint density at radius 3 is 2.42 bits per heavy atom. The van der Waals surface area contributed by atoms with E-state index in [-0.39, 0.29) is 40.2 Å². The second-order valence-electron chi connectivity index (χ2n) is 11.9. The third-order valence-electron chi connectivity index (χ3n) is 8.90. The number of pyridine rings is 1. The SMILES string of the molecule is COc1nc(-c2cccc(-c3cccc(NC(=O)c4cn(C)c(=O)n(C)c4=O)c3Cl)c2Cl)cc2c1[C@@H](NC[C@@H]1CNC(=O)C1)[C@H](OC)C2. The maximum Gasteiger partial charge on any atom is 0.330 e. The molecule has 3 N–H and O–H groups in total. The molecule has 3 heterocycles. The third-order valence-corrected chi connectivity index (χ3v) is 9.71. The van der Waals surface area contributed by atoms with Crippen LogP contribution in [0.4, 0.5) is 5.69 Å². The number of carbonyl (C=O) groups excluding carboxylic acids is 2. The van der Waals surface area contributed by atoms with Gasteiger partial charge in [0.1, 0.15) is 5.56 Å². The second kappa shape index (κ2) is 13.6. The molecule has 1 fully saturated rings. The van der Waals surface area contributed by atoms with Gasteiger partial charge in [-0.25, -0.2) is 9.78 Å². The number of anilines is 1. The number of hydrogen-bond donors (Lipinski definition) is 3. The number of nitrogens with one attached hydrogen (secondary N) is 3. The van der Waals surface area contributed by atoms with Gasteiger partial charge in [0.15, 0.2) is 0 Å². The molecule has 12 nitrogen and oxygen atoms in total. The Bertz CT molecular complexity index is 2060. The van der Waals surface area contributed by atoms with Gasteiger partial charge in [0, 0.05) is 75.6 Å². The summed E-state index contributed by atoms with van der Waals surface area (Å²) < 4.78 is 13.7. The topological polar surface area (TPSA) is 146 Å². The fraction of sp³-hybridized carbons (Fsp3) is 0.324. The number of methoxy groups -OCH3 is 2. The zero-order chi connectivity index (χ0) is 34.3. The first kappa shape index (κ1) is 33.4. The molecule has 2 aliphatic rings. The Kier molecular flexibility index (Phi) is 9.44. The number of aryl methyl sites for hydroxylation is 1. The molecule has 0 bridgehead atoms. The molecule has 0 unspecified atom stereocenters. The molecule has 2 aromatic heterocycles. The van der Waals surface area contributed by atoms with Gasteiger partial charge in [-0.3, -0.25) is 19.0 Å². The van der Waals surface area contributed by atoms with Crippen LogP contribution in [0.2, 0.25) is 10.0 Å². The Balaban J connectivity index is 1.32. The summed E-state index contributed by atoms with van der Waals surface area (Å²) in [6, 6.07) is 12.4. The van der Waals surface area contributed by atoms with Crippen molar-refractivity contribution in [2.24, 2.45) is 20.0 Å². The first-order chi connectivity index (χ1) is 23.0. The Labute approximate surface area is 286 Å². The minimum atomic E-state index is -0.725. The standard InChI is InChI=1S/C34H34Cl2N6O6/c1-41-16-22(33(45)42(2)34(41)46)31(44)39-23-10-6-8-20(29(23)36)19-7-5-9-21(28(19)35)24-12-18-13-25(47-3)30(27(18)32(40-24)48-4)38-15-17-11-26(43)37-14-17/h5-10,12,16-17,25,30,38H,11,13-15H2,1-4H3,(H,37,43)(H,39,44)/t17-,25+,30-/m0/s1. The number of carbonyl (C=O) groups is 2. The first-order valence-electron chi connectivity index (χ1n) is 15.3. The predicted octanol–water partition coefficient (Wildman–Crippen LogP) is 3.72. The summed E-state index contributed by atoms with van der Waals surface area (Å²) in [5, 5.41) is 9.75. The third kappa shape index (κ3) is 6.12. The molecule has 0 saturated carbocycles. The maximum atomic E-state index is 13.1. The average molecular weight is 694 g/mol. The first-order valence-corrected chi connectivity index (χ1v) is 16.0. The summed E-state index contributed by atoms with van der Waals surface area (Å²) in [5.74, 6) is -0.00603. The summed E-state index contributed by atoms with van der Waals surface area (Å²) in [7, 11) is 6.01. The summed E-state index contributed by atoms with van der Waals surface area (Å²) in [5.41, 5.74) is 3.10. The average Bonchev–Trinajstić information content (AvgIpc) is 3.67. The quantitative estimate of drug-likeness (QED) is 0.241. The van der Waals surface area contributed by atoms with Crippen LogP contribution in [0, 0.1) is 5.92 Å². The van der Waals surface area contributed by atoms with Crippen LogP contribution >= 0.6 is 23.2 Å². The van der Waals surface area contributed by atoms with E-state index < -0.39 is 17.2 Å². The Hall–Kier alpha value is -4.49. The van der Waals surface area contributed by atoms with Gasteiger partial charge in [-0.1, -0.05) is 53.5 Å². The van der Waals surface area contributed by atoms with Crippen LogP contribution in [0.15, 0.2) is 58.3 Å². The maximum absolute atomic E-state index is 13.1. The van der Waals surface area contributed by atoms with E-state index in [4.69, 9.17) is 37.7 Å². The number of aromatic nitrogens is 3. The number of rotatable bonds is 9. The molecular formula is C34H34Cl2N6O6. The molecule has 4 aromatic rings. The fourth-order valence-corrected chi connectivity index (χ4v) is 6.98. The lowest BCUT2D eigenvalue weighted by Gasteiger charge is -2.23. The molecular weight excluding hydrogens is 659 g/mol. The Morgan fingerprint density at radius 1 is 1.02 bits per heavy atom. The highest BCUT2D eigenvalue weighted by molar-refractivity contribution is 6.39. The van der Waals surface area contributed by atoms with E-state index in [1.54, 1.807) is 32.4 Å². The molecule has 14 heteroatoms. The molecule has 0 spiro atoms. The number of fused-ring (bicyclic) bond motifs is 1. The normalized spacial score (nSPS) is 18.5. The van der Waals surface area contributed by atoms with Crippen LogP contribution in [-0.4, -0.2) is 59.3 Å². The molecule has 48 heavy (non-hydrogen) atoms. The van der Waals surface area contributed by atoms with Gasteiger partial charge in [-0.2, -0.15) is 0 Å². The van der Waals surface area contributed by atoms with Crippen molar-refractivity contribution in [3.63, 3.8) is 0 Å². The monoisotopic (exact) mass is 692 g/mol. The fourth-order valence-electron chi connectivity index (χ4n) is 6.38. The van der Waals surface area contributed by atoms with Crippen LogP contribution in [-0.2, 0) is 30.0 Å². The Morgan fingerprint density at radius 2 is 1.73 bits per heavy atom. The predicted molar refractivity (Wildman–Crippen MR) is 183 cm³/mol. The molecule has 1 saturated heterocycles. The molecule has 6 rings (SSSR count). The van der Waals surface area contributed by atoms with E-state index in [0.29, 0.717) is 59.2 Å². The molecule has 3 atom stereocenters. The van der Waals surface area contributed by atoms with Crippen molar-refractivity contribution in [3.05, 3.63) is 96.2 Å². The lowest BCUT2D eigenvalue weighted by atomic mass is 9.99. The van der Waals surface area contributed by atoms with Crippen molar-refractivity contribution in [1.82, 2.24) is 24.8 Å². The van der Waals surface area contributed by atoms with Crippen molar-refractivity contribution >= 4 is 40.7 Å². The molecule has 2 amide bonds. The van der Waals surface area contributed by atoms with E-state index >= 15 is 0 Å². The zero-order valence-corrected chi connectivity index (χ0v) is 28.2. The van der Waals surface area contributed by atoms with Gasteiger partial charge in [0.2, 0.25) is 11.8 Å². The number of benzene rings is 2. The summed E-state index contributed by atoms with van der Waals surface area (Å²) in [6.45, 7) is 1.28. The lowest BCUT2D eigenvalue weighted by Crippen LogP contribution is -2.40. The van der Waals surface area contributed by atoms with Crippen LogP contribution in [0.25, 0.3) is 22.4 Å². The van der Waals surface area contributed by atoms with Gasteiger partial charge < -0.3 is 30.0 Å². The van der Waals surface area contributed by atoms with E-state index in [0.717, 1.165) is 20.3 Å². The van der Waals surface area contributed by atoms with Gasteiger partial charge in [0.05, 0.1) is 40.7 Å². The highest BCUT2D eigenvalue weighted by atomic mass is 35.5. The largest absolute Gasteiger partial charge is 0.481 e. The number of hydrogen-bond acceptors (Lipinski definition) is 8. The summed E-state index contributed by atoms with van der Waals surface area (Å²) in [6.07, 6.45) is 2.15. The molecule has 1 aliphatic carbocycles. The lowest BCUT2D eigenvalue weighted by molar-refractivity contribution is -0.119. The summed E-state index contributed by atoms with van der Waals surface area (Å²) >= 11 is 13.9. The number of ether oxygens (including phenoxy) is 2. The highest BCUT2D eigenvalue weighted by Crippen LogP contribution is 2.44. The van der Waals surface area contributed by atoms with Crippen molar-refractivity contribution in [3.8, 4) is 28.3 Å². The highest BCUT2D eigenvalue weighted by Gasteiger charge is 2.37. The van der Waals surface area contributed by atoms with E-state index in [9.17, 15) is 19.2 Å². The summed E-state index contributed by atoms with van der Waals surface area (Å²) in [4.78, 5) is 54.4. The molecule has 0 radical (unpaired) electrons. The van der Waals surface area contributed by atoms with E-state index in [2.05, 4.69) is 16.0 Å². The molecule has 250 valence electrons. The van der Waals surface area contributed by atoms with Crippen LogP contribution in [0.1, 0.15) is 33.9 Å². The van der Waals surface area contributed by atoms with Crippen molar-refractivity contribution in [2.45, 2.75) is 25.0 Å². The van der Waals surface area contributed by atoms with Crippen molar-refractivity contribution in [1.29, 1.82) is 0 Å². The minimum absolute atomic E-state index is 0.0612. The molecule has 1 aliphatic heterocycles. The van der Waals surface area contributed by atoms with E-state index in [1.165, 1.54) is 20.3 Å². The second-order valence-corrected chi connectivity index (χ2v) is 12.7. The number of halogens is 2. The minimum Gasteiger partial charge on any atom is -0.481 e. The number of nitrogens with zero attached hydrogens (tertiary/aromatic N) is 3. The van der Waals surface area contributed by atoms with Gasteiger partial charge in [0.25, 0.3) is 11.5 Å². The number of amides is 2. The smallest absolute Gasteiger partial charge is 0.330 e.